The van der Waals surface area contributed by atoms with Crippen LogP contribution in [0.15, 0.2) is 46.9 Å². The lowest BCUT2D eigenvalue weighted by Gasteiger charge is -2.06. The lowest BCUT2D eigenvalue weighted by atomic mass is 10.3. The Morgan fingerprint density at radius 2 is 1.94 bits per heavy atom. The van der Waals surface area contributed by atoms with Crippen LogP contribution in [-0.4, -0.2) is 4.92 Å². The van der Waals surface area contributed by atoms with Crippen LogP contribution in [-0.2, 0) is 0 Å². The van der Waals surface area contributed by atoms with E-state index in [1.807, 2.05) is 0 Å². The van der Waals surface area contributed by atoms with E-state index in [9.17, 15) is 14.5 Å². The first kappa shape index (κ1) is 12.5. The summed E-state index contributed by atoms with van der Waals surface area (Å²) in [5, 5.41) is 10.6. The highest BCUT2D eigenvalue weighted by Crippen LogP contribution is 2.28. The maximum atomic E-state index is 13.2. The van der Waals surface area contributed by atoms with Gasteiger partial charge in [-0.2, -0.15) is 0 Å². The molecule has 2 aromatic carbocycles. The number of hydrogen-bond acceptors (Lipinski definition) is 3. The van der Waals surface area contributed by atoms with E-state index in [0.717, 1.165) is 16.6 Å². The van der Waals surface area contributed by atoms with Crippen LogP contribution in [0.4, 0.5) is 10.1 Å². The van der Waals surface area contributed by atoms with Crippen molar-refractivity contribution < 1.29 is 14.1 Å². The topological polar surface area (TPSA) is 52.4 Å². The third-order valence-electron chi connectivity index (χ3n) is 2.10. The van der Waals surface area contributed by atoms with Crippen LogP contribution in [0, 0.1) is 15.9 Å². The number of nitro benzene ring substituents is 1. The molecule has 0 radical (unpaired) electrons. The fraction of sp³-hybridized carbons (Fsp3) is 0. The van der Waals surface area contributed by atoms with E-state index >= 15 is 0 Å². The number of hydrogen-bond donors (Lipinski definition) is 0. The SMILES string of the molecule is O=[N+]([O-])c1cc(F)cc(Oc2cccc(Br)c2)c1. The Morgan fingerprint density at radius 3 is 2.61 bits per heavy atom. The first-order chi connectivity index (χ1) is 8.54. The molecule has 0 N–H and O–H groups in total. The summed E-state index contributed by atoms with van der Waals surface area (Å²) in [5.41, 5.74) is -0.347. The summed E-state index contributed by atoms with van der Waals surface area (Å²) in [6.07, 6.45) is 0. The van der Waals surface area contributed by atoms with Crippen molar-refractivity contribution in [1.29, 1.82) is 0 Å². The first-order valence-electron chi connectivity index (χ1n) is 4.93. The van der Waals surface area contributed by atoms with Crippen molar-refractivity contribution in [2.24, 2.45) is 0 Å². The molecule has 0 atom stereocenters. The Balaban J connectivity index is 2.31. The maximum Gasteiger partial charge on any atom is 0.276 e. The number of ether oxygens (including phenoxy) is 1. The van der Waals surface area contributed by atoms with E-state index in [-0.39, 0.29) is 11.4 Å². The van der Waals surface area contributed by atoms with E-state index in [1.54, 1.807) is 24.3 Å². The third kappa shape index (κ3) is 3.04. The normalized spacial score (nSPS) is 10.1. The summed E-state index contributed by atoms with van der Waals surface area (Å²) in [7, 11) is 0. The van der Waals surface area contributed by atoms with Crippen molar-refractivity contribution in [2.45, 2.75) is 0 Å². The van der Waals surface area contributed by atoms with Gasteiger partial charge in [0.1, 0.15) is 17.3 Å². The average Bonchev–Trinajstić information content (AvgIpc) is 2.28. The molecule has 2 aromatic rings. The van der Waals surface area contributed by atoms with Crippen molar-refractivity contribution in [3.8, 4) is 11.5 Å². The van der Waals surface area contributed by atoms with Gasteiger partial charge in [0.15, 0.2) is 0 Å². The molecule has 2 rings (SSSR count). The summed E-state index contributed by atoms with van der Waals surface area (Å²) < 4.78 is 19.3. The molecule has 6 heteroatoms. The molecular formula is C12H7BrFNO3. The Morgan fingerprint density at radius 1 is 1.17 bits per heavy atom. The molecule has 0 amide bonds. The van der Waals surface area contributed by atoms with E-state index in [4.69, 9.17) is 4.74 Å². The summed E-state index contributed by atoms with van der Waals surface area (Å²) in [5.74, 6) is -0.168. The van der Waals surface area contributed by atoms with Gasteiger partial charge in [-0.15, -0.1) is 0 Å². The van der Waals surface area contributed by atoms with Crippen molar-refractivity contribution in [2.75, 3.05) is 0 Å². The van der Waals surface area contributed by atoms with Gasteiger partial charge in [-0.05, 0) is 18.2 Å². The zero-order valence-electron chi connectivity index (χ0n) is 8.97. The van der Waals surface area contributed by atoms with Crippen molar-refractivity contribution in [3.05, 3.63) is 62.9 Å². The predicted molar refractivity (Wildman–Crippen MR) is 67.3 cm³/mol. The molecule has 18 heavy (non-hydrogen) atoms. The Hall–Kier alpha value is -1.95. The van der Waals surface area contributed by atoms with Gasteiger partial charge < -0.3 is 4.74 Å². The van der Waals surface area contributed by atoms with Crippen LogP contribution in [0.5, 0.6) is 11.5 Å². The molecule has 0 heterocycles. The minimum absolute atomic E-state index is 0.0831. The Labute approximate surface area is 110 Å². The summed E-state index contributed by atoms with van der Waals surface area (Å²) in [6.45, 7) is 0. The number of halogens is 2. The van der Waals surface area contributed by atoms with Crippen molar-refractivity contribution in [3.63, 3.8) is 0 Å². The minimum Gasteiger partial charge on any atom is -0.457 e. The van der Waals surface area contributed by atoms with E-state index in [0.29, 0.717) is 5.75 Å². The number of rotatable bonds is 3. The highest BCUT2D eigenvalue weighted by atomic mass is 79.9. The average molecular weight is 312 g/mol. The lowest BCUT2D eigenvalue weighted by molar-refractivity contribution is -0.385. The molecule has 0 unspecified atom stereocenters. The van der Waals surface area contributed by atoms with Gasteiger partial charge >= 0.3 is 0 Å². The van der Waals surface area contributed by atoms with Gasteiger partial charge in [-0.1, -0.05) is 22.0 Å². The highest BCUT2D eigenvalue weighted by molar-refractivity contribution is 9.10. The first-order valence-corrected chi connectivity index (χ1v) is 5.72. The quantitative estimate of drug-likeness (QED) is 0.627. The molecule has 0 saturated heterocycles. The van der Waals surface area contributed by atoms with Gasteiger partial charge in [0, 0.05) is 10.5 Å². The number of nitro groups is 1. The molecule has 0 aliphatic carbocycles. The second kappa shape index (κ2) is 5.14. The Kier molecular flexibility index (Phi) is 3.57. The zero-order valence-corrected chi connectivity index (χ0v) is 10.6. The molecule has 0 spiro atoms. The molecule has 0 aliphatic rings. The summed E-state index contributed by atoms with van der Waals surface area (Å²) in [4.78, 5) is 9.92. The molecule has 92 valence electrons. The van der Waals surface area contributed by atoms with Gasteiger partial charge in [0.2, 0.25) is 0 Å². The lowest BCUT2D eigenvalue weighted by Crippen LogP contribution is -1.91. The number of non-ortho nitro benzene ring substituents is 1. The van der Waals surface area contributed by atoms with Crippen LogP contribution in [0.1, 0.15) is 0 Å². The van der Waals surface area contributed by atoms with Gasteiger partial charge in [-0.3, -0.25) is 10.1 Å². The van der Waals surface area contributed by atoms with E-state index in [2.05, 4.69) is 15.9 Å². The second-order valence-electron chi connectivity index (χ2n) is 3.46. The molecule has 0 saturated carbocycles. The van der Waals surface area contributed by atoms with Crippen LogP contribution < -0.4 is 4.74 Å². The summed E-state index contributed by atoms with van der Waals surface area (Å²) in [6, 6.07) is 10.00. The molecule has 0 bridgehead atoms. The molecular weight excluding hydrogens is 305 g/mol. The standard InChI is InChI=1S/C12H7BrFNO3/c13-8-2-1-3-11(4-8)18-12-6-9(14)5-10(7-12)15(16)17/h1-7H. The van der Waals surface area contributed by atoms with Crippen molar-refractivity contribution in [1.82, 2.24) is 0 Å². The van der Waals surface area contributed by atoms with E-state index < -0.39 is 10.7 Å². The second-order valence-corrected chi connectivity index (χ2v) is 4.38. The van der Waals surface area contributed by atoms with Gasteiger partial charge in [0.05, 0.1) is 17.1 Å². The monoisotopic (exact) mass is 311 g/mol. The number of nitrogens with zero attached hydrogens (tertiary/aromatic N) is 1. The van der Waals surface area contributed by atoms with Gasteiger partial charge in [-0.25, -0.2) is 4.39 Å². The van der Waals surface area contributed by atoms with Crippen LogP contribution in [0.25, 0.3) is 0 Å². The summed E-state index contributed by atoms with van der Waals surface area (Å²) >= 11 is 3.27. The predicted octanol–water partition coefficient (Wildman–Crippen LogP) is 4.29. The molecule has 4 nitrogen and oxygen atoms in total. The van der Waals surface area contributed by atoms with Crippen molar-refractivity contribution >= 4 is 21.6 Å². The third-order valence-corrected chi connectivity index (χ3v) is 2.59. The largest absolute Gasteiger partial charge is 0.457 e. The zero-order chi connectivity index (χ0) is 13.1. The maximum absolute atomic E-state index is 13.2. The number of benzene rings is 2. The minimum atomic E-state index is -0.714. The molecule has 0 aromatic heterocycles. The Bertz CT molecular complexity index is 604. The van der Waals surface area contributed by atoms with Gasteiger partial charge in [0.25, 0.3) is 5.69 Å². The fourth-order valence-electron chi connectivity index (χ4n) is 1.38. The van der Waals surface area contributed by atoms with E-state index in [1.165, 1.54) is 6.07 Å². The fourth-order valence-corrected chi connectivity index (χ4v) is 1.76. The van der Waals surface area contributed by atoms with Crippen LogP contribution >= 0.6 is 15.9 Å². The molecule has 0 aliphatic heterocycles. The smallest absolute Gasteiger partial charge is 0.276 e. The highest BCUT2D eigenvalue weighted by Gasteiger charge is 2.11. The van der Waals surface area contributed by atoms with Crippen LogP contribution in [0.2, 0.25) is 0 Å². The van der Waals surface area contributed by atoms with Crippen LogP contribution in [0.3, 0.4) is 0 Å². The molecule has 0 fully saturated rings.